The molecule has 0 radical (unpaired) electrons. The summed E-state index contributed by atoms with van der Waals surface area (Å²) in [5.74, 6) is 1.85. The van der Waals surface area contributed by atoms with Gasteiger partial charge in [-0.05, 0) is 90.9 Å². The molecule has 0 spiro atoms. The summed E-state index contributed by atoms with van der Waals surface area (Å²) in [6.45, 7) is 4.77. The molecule has 7 nitrogen and oxygen atoms in total. The van der Waals surface area contributed by atoms with Gasteiger partial charge in [-0.25, -0.2) is 4.79 Å². The van der Waals surface area contributed by atoms with E-state index in [0.717, 1.165) is 56.0 Å². The molecular formula is C26H34N4O3. The lowest BCUT2D eigenvalue weighted by molar-refractivity contribution is -0.166. The molecule has 3 saturated carbocycles. The Kier molecular flexibility index (Phi) is 4.66. The molecule has 1 saturated heterocycles. The standard InChI is InChI=1S/C26H34N4O3/c1-25-14-12-18-16(8-11-22-26(18,2)15-13-23(31)29(22)3)17(25)9-10-19(25)24(32)33-30-21-7-5-4-6-20(21)27-28-30/h4-7,16-19,22H,8-15H2,1-3H3/t16-,17-,18-,19+,22+,25-,26+/m0/s1. The van der Waals surface area contributed by atoms with E-state index in [1.165, 1.54) is 4.85 Å². The van der Waals surface area contributed by atoms with Crippen molar-refractivity contribution in [2.75, 3.05) is 7.05 Å². The number of amides is 1. The van der Waals surface area contributed by atoms with Gasteiger partial charge in [-0.1, -0.05) is 30.8 Å². The fourth-order valence-corrected chi connectivity index (χ4v) is 8.60. The van der Waals surface area contributed by atoms with Crippen molar-refractivity contribution < 1.29 is 14.4 Å². The van der Waals surface area contributed by atoms with Crippen LogP contribution in [0.15, 0.2) is 24.3 Å². The minimum absolute atomic E-state index is 0.0335. The van der Waals surface area contributed by atoms with E-state index in [1.54, 1.807) is 0 Å². The summed E-state index contributed by atoms with van der Waals surface area (Å²) < 4.78 is 0. The third-order valence-corrected chi connectivity index (χ3v) is 10.3. The summed E-state index contributed by atoms with van der Waals surface area (Å²) in [4.78, 5) is 34.9. The molecule has 6 rings (SSSR count). The lowest BCUT2D eigenvalue weighted by Crippen LogP contribution is -2.61. The summed E-state index contributed by atoms with van der Waals surface area (Å²) in [6, 6.07) is 7.91. The number of nitrogens with zero attached hydrogens (tertiary/aromatic N) is 4. The number of fused-ring (bicyclic) bond motifs is 6. The Bertz CT molecular complexity index is 1110. The average Bonchev–Trinajstić information content (AvgIpc) is 3.37. The number of carbonyl (C=O) groups is 2. The van der Waals surface area contributed by atoms with E-state index in [1.807, 2.05) is 36.2 Å². The Morgan fingerprint density at radius 1 is 1.03 bits per heavy atom. The number of rotatable bonds is 2. The molecule has 0 bridgehead atoms. The molecule has 1 aromatic heterocycles. The number of para-hydroxylation sites is 1. The van der Waals surface area contributed by atoms with Gasteiger partial charge in [0.05, 0.1) is 5.92 Å². The van der Waals surface area contributed by atoms with Crippen molar-refractivity contribution in [3.63, 3.8) is 0 Å². The maximum Gasteiger partial charge on any atom is 0.338 e. The van der Waals surface area contributed by atoms with E-state index in [2.05, 4.69) is 24.2 Å². The third kappa shape index (κ3) is 2.93. The summed E-state index contributed by atoms with van der Waals surface area (Å²) in [5.41, 5.74) is 1.61. The highest BCUT2D eigenvalue weighted by molar-refractivity contribution is 5.78. The van der Waals surface area contributed by atoms with E-state index in [4.69, 9.17) is 4.84 Å². The van der Waals surface area contributed by atoms with Crippen LogP contribution in [-0.4, -0.2) is 45.0 Å². The molecular weight excluding hydrogens is 416 g/mol. The molecule has 1 aromatic carbocycles. The molecule has 2 aromatic rings. The normalized spacial score (nSPS) is 40.3. The van der Waals surface area contributed by atoms with Crippen LogP contribution >= 0.6 is 0 Å². The number of hydrogen-bond acceptors (Lipinski definition) is 5. The maximum atomic E-state index is 13.4. The van der Waals surface area contributed by atoms with Crippen LogP contribution in [0.3, 0.4) is 0 Å². The highest BCUT2D eigenvalue weighted by atomic mass is 16.7. The van der Waals surface area contributed by atoms with Gasteiger partial charge in [-0.2, -0.15) is 0 Å². The number of aromatic nitrogens is 3. The smallest absolute Gasteiger partial charge is 0.338 e. The van der Waals surface area contributed by atoms with Crippen LogP contribution in [0.4, 0.5) is 0 Å². The van der Waals surface area contributed by atoms with Gasteiger partial charge in [0.15, 0.2) is 0 Å². The molecule has 7 atom stereocenters. The second-order valence-corrected chi connectivity index (χ2v) is 11.5. The highest BCUT2D eigenvalue weighted by Gasteiger charge is 2.62. The van der Waals surface area contributed by atoms with Crippen LogP contribution in [0, 0.1) is 34.5 Å². The van der Waals surface area contributed by atoms with Gasteiger partial charge in [-0.15, -0.1) is 5.10 Å². The summed E-state index contributed by atoms with van der Waals surface area (Å²) >= 11 is 0. The fraction of sp³-hybridized carbons (Fsp3) is 0.692. The first-order valence-corrected chi connectivity index (χ1v) is 12.6. The molecule has 2 heterocycles. The largest absolute Gasteiger partial charge is 0.342 e. The zero-order chi connectivity index (χ0) is 23.0. The Labute approximate surface area is 194 Å². The average molecular weight is 451 g/mol. The molecule has 0 N–H and O–H groups in total. The number of benzene rings is 1. The van der Waals surface area contributed by atoms with Crippen molar-refractivity contribution in [3.8, 4) is 0 Å². The van der Waals surface area contributed by atoms with E-state index < -0.39 is 0 Å². The van der Waals surface area contributed by atoms with Crippen LogP contribution in [0.2, 0.25) is 0 Å². The van der Waals surface area contributed by atoms with Gasteiger partial charge in [0.1, 0.15) is 11.0 Å². The van der Waals surface area contributed by atoms with Crippen molar-refractivity contribution in [2.24, 2.45) is 34.5 Å². The monoisotopic (exact) mass is 450 g/mol. The number of carbonyl (C=O) groups excluding carboxylic acids is 2. The van der Waals surface area contributed by atoms with E-state index >= 15 is 0 Å². The molecule has 3 aliphatic carbocycles. The first kappa shape index (κ1) is 21.1. The number of likely N-dealkylation sites (tertiary alicyclic amines) is 1. The molecule has 4 fully saturated rings. The highest BCUT2D eigenvalue weighted by Crippen LogP contribution is 2.66. The second kappa shape index (κ2) is 7.28. The van der Waals surface area contributed by atoms with Gasteiger partial charge < -0.3 is 9.74 Å². The first-order valence-electron chi connectivity index (χ1n) is 12.6. The van der Waals surface area contributed by atoms with Crippen LogP contribution in [0.5, 0.6) is 0 Å². The number of hydrogen-bond donors (Lipinski definition) is 0. The van der Waals surface area contributed by atoms with Crippen molar-refractivity contribution in [1.29, 1.82) is 0 Å². The Morgan fingerprint density at radius 3 is 2.67 bits per heavy atom. The fourth-order valence-electron chi connectivity index (χ4n) is 8.60. The van der Waals surface area contributed by atoms with Crippen molar-refractivity contribution in [1.82, 2.24) is 20.1 Å². The van der Waals surface area contributed by atoms with Gasteiger partial charge in [0.2, 0.25) is 5.91 Å². The van der Waals surface area contributed by atoms with E-state index in [9.17, 15) is 9.59 Å². The SMILES string of the molecule is CN1C(=O)CC[C@]2(C)[C@H]3CC[C@]4(C)[C@@H](C(=O)On5nnc6ccccc65)CC[C@H]4[C@@H]3CC[C@@H]12. The number of piperidine rings is 1. The molecule has 4 aliphatic rings. The lowest BCUT2D eigenvalue weighted by atomic mass is 9.47. The van der Waals surface area contributed by atoms with Crippen LogP contribution in [0.25, 0.3) is 11.0 Å². The zero-order valence-corrected chi connectivity index (χ0v) is 19.9. The summed E-state index contributed by atoms with van der Waals surface area (Å²) in [7, 11) is 2.01. The zero-order valence-electron chi connectivity index (χ0n) is 19.9. The summed E-state index contributed by atoms with van der Waals surface area (Å²) in [5, 5.41) is 8.17. The lowest BCUT2D eigenvalue weighted by Gasteiger charge is -2.61. The maximum absolute atomic E-state index is 13.4. The third-order valence-electron chi connectivity index (χ3n) is 10.3. The Morgan fingerprint density at radius 2 is 1.82 bits per heavy atom. The first-order chi connectivity index (χ1) is 15.8. The second-order valence-electron chi connectivity index (χ2n) is 11.5. The van der Waals surface area contributed by atoms with Crippen molar-refractivity contribution >= 4 is 22.9 Å². The Balaban J connectivity index is 1.23. The molecule has 1 aliphatic heterocycles. The molecule has 176 valence electrons. The van der Waals surface area contributed by atoms with Gasteiger partial charge in [-0.3, -0.25) is 4.79 Å². The molecule has 33 heavy (non-hydrogen) atoms. The minimum Gasteiger partial charge on any atom is -0.342 e. The quantitative estimate of drug-likeness (QED) is 0.649. The van der Waals surface area contributed by atoms with E-state index in [-0.39, 0.29) is 22.7 Å². The molecule has 7 heteroatoms. The van der Waals surface area contributed by atoms with Crippen molar-refractivity contribution in [2.45, 2.75) is 71.3 Å². The van der Waals surface area contributed by atoms with Crippen LogP contribution < -0.4 is 4.84 Å². The van der Waals surface area contributed by atoms with Gasteiger partial charge >= 0.3 is 5.97 Å². The minimum atomic E-state index is -0.169. The molecule has 1 amide bonds. The van der Waals surface area contributed by atoms with Gasteiger partial charge in [0.25, 0.3) is 0 Å². The van der Waals surface area contributed by atoms with Gasteiger partial charge in [0, 0.05) is 19.5 Å². The topological polar surface area (TPSA) is 77.3 Å². The Hall–Kier alpha value is -2.44. The van der Waals surface area contributed by atoms with Crippen LogP contribution in [0.1, 0.15) is 65.2 Å². The predicted octanol–water partition coefficient (Wildman–Crippen LogP) is 3.87. The molecule has 0 unspecified atom stereocenters. The summed E-state index contributed by atoms with van der Waals surface area (Å²) in [6.07, 6.45) is 8.11. The van der Waals surface area contributed by atoms with E-state index in [0.29, 0.717) is 36.1 Å². The predicted molar refractivity (Wildman–Crippen MR) is 123 cm³/mol. The van der Waals surface area contributed by atoms with Crippen molar-refractivity contribution in [3.05, 3.63) is 24.3 Å². The van der Waals surface area contributed by atoms with Crippen LogP contribution in [-0.2, 0) is 9.59 Å².